The molecule has 1 N–H and O–H groups in total. The van der Waals surface area contributed by atoms with Crippen LogP contribution in [0.1, 0.15) is 19.3 Å². The van der Waals surface area contributed by atoms with Crippen LogP contribution in [0.4, 0.5) is 5.69 Å². The number of rotatable bonds is 6. The molecule has 0 radical (unpaired) electrons. The van der Waals surface area contributed by atoms with Gasteiger partial charge in [0.25, 0.3) is 5.91 Å². The fraction of sp³-hybridized carbons (Fsp3) is 0.500. The second-order valence-corrected chi connectivity index (χ2v) is 7.59. The molecular formula is C20H22N2O6. The van der Waals surface area contributed by atoms with Gasteiger partial charge in [-0.2, -0.15) is 0 Å². The van der Waals surface area contributed by atoms with Crippen molar-refractivity contribution in [3.05, 3.63) is 24.3 Å². The summed E-state index contributed by atoms with van der Waals surface area (Å²) < 4.78 is 10.0. The zero-order valence-electron chi connectivity index (χ0n) is 15.6. The third kappa shape index (κ3) is 3.23. The van der Waals surface area contributed by atoms with Gasteiger partial charge in [-0.1, -0.05) is 6.07 Å². The van der Waals surface area contributed by atoms with Crippen molar-refractivity contribution >= 4 is 29.4 Å². The lowest BCUT2D eigenvalue weighted by Crippen LogP contribution is -2.38. The topological polar surface area (TPSA) is 102 Å². The van der Waals surface area contributed by atoms with Crippen molar-refractivity contribution in [3.8, 4) is 5.75 Å². The van der Waals surface area contributed by atoms with Crippen molar-refractivity contribution < 1.29 is 28.7 Å². The largest absolute Gasteiger partial charge is 0.497 e. The Bertz CT molecular complexity index is 810. The molecule has 1 aliphatic heterocycles. The first-order valence-corrected chi connectivity index (χ1v) is 9.42. The number of carbonyl (C=O) groups is 4. The molecule has 4 atom stereocenters. The van der Waals surface area contributed by atoms with Gasteiger partial charge in [-0.3, -0.25) is 24.1 Å². The number of nitrogens with one attached hydrogen (secondary N) is 1. The van der Waals surface area contributed by atoms with Gasteiger partial charge in [-0.05, 0) is 43.2 Å². The van der Waals surface area contributed by atoms with Crippen molar-refractivity contribution in [2.75, 3.05) is 25.6 Å². The van der Waals surface area contributed by atoms with Gasteiger partial charge < -0.3 is 14.8 Å². The molecule has 1 aromatic rings. The van der Waals surface area contributed by atoms with E-state index >= 15 is 0 Å². The van der Waals surface area contributed by atoms with E-state index in [-0.39, 0.29) is 35.5 Å². The standard InChI is InChI=1S/C20H22N2O6/c1-27-14-4-2-3-13(8-14)21-15(23)10-28-16(24)9-22-19(25)17-11-5-6-12(7-11)18(17)20(22)26/h2-4,8,11-12,17-18H,5-7,9-10H2,1H3,(H,21,23)/t11-,12+,17-,18-/m0/s1. The molecule has 28 heavy (non-hydrogen) atoms. The normalized spacial score (nSPS) is 27.7. The van der Waals surface area contributed by atoms with Gasteiger partial charge in [0.05, 0.1) is 18.9 Å². The summed E-state index contributed by atoms with van der Waals surface area (Å²) in [5, 5.41) is 2.59. The second-order valence-electron chi connectivity index (χ2n) is 7.59. The summed E-state index contributed by atoms with van der Waals surface area (Å²) in [6.45, 7) is -0.930. The SMILES string of the molecule is COc1cccc(NC(=O)COC(=O)CN2C(=O)[C@H]3[C@@H]4CC[C@@H](C4)[C@@H]3C2=O)c1. The van der Waals surface area contributed by atoms with Crippen LogP contribution in [0, 0.1) is 23.7 Å². The number of fused-ring (bicyclic) bond motifs is 5. The number of hydrogen-bond donors (Lipinski definition) is 1. The van der Waals surface area contributed by atoms with E-state index in [1.807, 2.05) is 0 Å². The smallest absolute Gasteiger partial charge is 0.326 e. The van der Waals surface area contributed by atoms with Gasteiger partial charge >= 0.3 is 5.97 Å². The Morgan fingerprint density at radius 3 is 2.46 bits per heavy atom. The summed E-state index contributed by atoms with van der Waals surface area (Å²) in [4.78, 5) is 50.2. The molecule has 8 heteroatoms. The molecule has 1 aromatic carbocycles. The molecular weight excluding hydrogens is 364 g/mol. The van der Waals surface area contributed by atoms with Crippen LogP contribution in [-0.2, 0) is 23.9 Å². The van der Waals surface area contributed by atoms with E-state index in [2.05, 4.69) is 5.32 Å². The summed E-state index contributed by atoms with van der Waals surface area (Å²) in [5.41, 5.74) is 0.508. The molecule has 0 unspecified atom stereocenters. The molecule has 2 aliphatic carbocycles. The highest BCUT2D eigenvalue weighted by atomic mass is 16.5. The predicted octanol–water partition coefficient (Wildman–Crippen LogP) is 1.21. The number of methoxy groups -OCH3 is 1. The summed E-state index contributed by atoms with van der Waals surface area (Å²) in [6, 6.07) is 6.77. The number of benzene rings is 1. The fourth-order valence-corrected chi connectivity index (χ4v) is 4.84. The highest BCUT2D eigenvalue weighted by molar-refractivity contribution is 6.07. The maximum absolute atomic E-state index is 12.6. The zero-order valence-corrected chi connectivity index (χ0v) is 15.6. The van der Waals surface area contributed by atoms with Crippen LogP contribution in [0.15, 0.2) is 24.3 Å². The van der Waals surface area contributed by atoms with Crippen LogP contribution in [0.3, 0.4) is 0 Å². The van der Waals surface area contributed by atoms with Crippen LogP contribution < -0.4 is 10.1 Å². The number of nitrogens with zero attached hydrogens (tertiary/aromatic N) is 1. The van der Waals surface area contributed by atoms with Crippen LogP contribution in [0.25, 0.3) is 0 Å². The number of likely N-dealkylation sites (tertiary alicyclic amines) is 1. The van der Waals surface area contributed by atoms with Gasteiger partial charge in [0.1, 0.15) is 12.3 Å². The number of ether oxygens (including phenoxy) is 2. The molecule has 4 rings (SSSR count). The zero-order chi connectivity index (χ0) is 19.8. The average molecular weight is 386 g/mol. The Kier molecular flexibility index (Phi) is 4.78. The van der Waals surface area contributed by atoms with E-state index in [1.165, 1.54) is 7.11 Å². The summed E-state index contributed by atoms with van der Waals surface area (Å²) in [7, 11) is 1.52. The Morgan fingerprint density at radius 2 is 1.82 bits per heavy atom. The van der Waals surface area contributed by atoms with Gasteiger partial charge in [-0.25, -0.2) is 0 Å². The highest BCUT2D eigenvalue weighted by Crippen LogP contribution is 2.56. The van der Waals surface area contributed by atoms with Gasteiger partial charge in [0, 0.05) is 11.8 Å². The molecule has 0 aromatic heterocycles. The molecule has 3 aliphatic rings. The lowest BCUT2D eigenvalue weighted by Gasteiger charge is -2.19. The maximum Gasteiger partial charge on any atom is 0.326 e. The molecule has 3 fully saturated rings. The van der Waals surface area contributed by atoms with Crippen LogP contribution in [0.5, 0.6) is 5.75 Å². The van der Waals surface area contributed by atoms with Crippen LogP contribution in [0.2, 0.25) is 0 Å². The molecule has 2 saturated carbocycles. The second kappa shape index (κ2) is 7.26. The molecule has 8 nitrogen and oxygen atoms in total. The van der Waals surface area contributed by atoms with E-state index in [1.54, 1.807) is 24.3 Å². The number of anilines is 1. The average Bonchev–Trinajstić information content (AvgIpc) is 3.36. The van der Waals surface area contributed by atoms with Crippen molar-refractivity contribution in [1.29, 1.82) is 0 Å². The third-order valence-electron chi connectivity index (χ3n) is 6.02. The molecule has 3 amide bonds. The van der Waals surface area contributed by atoms with Gasteiger partial charge in [0.2, 0.25) is 11.8 Å². The van der Waals surface area contributed by atoms with Crippen molar-refractivity contribution in [1.82, 2.24) is 4.90 Å². The van der Waals surface area contributed by atoms with Crippen LogP contribution in [-0.4, -0.2) is 48.9 Å². The minimum absolute atomic E-state index is 0.264. The van der Waals surface area contributed by atoms with Crippen molar-refractivity contribution in [3.63, 3.8) is 0 Å². The highest BCUT2D eigenvalue weighted by Gasteiger charge is 2.61. The molecule has 1 saturated heterocycles. The Morgan fingerprint density at radius 1 is 1.14 bits per heavy atom. The van der Waals surface area contributed by atoms with Crippen molar-refractivity contribution in [2.45, 2.75) is 19.3 Å². The minimum Gasteiger partial charge on any atom is -0.497 e. The van der Waals surface area contributed by atoms with E-state index in [0.717, 1.165) is 24.2 Å². The Labute approximate surface area is 162 Å². The van der Waals surface area contributed by atoms with Crippen LogP contribution >= 0.6 is 0 Å². The van der Waals surface area contributed by atoms with Gasteiger partial charge in [0.15, 0.2) is 6.61 Å². The third-order valence-corrected chi connectivity index (χ3v) is 6.02. The minimum atomic E-state index is -0.769. The summed E-state index contributed by atoms with van der Waals surface area (Å²) >= 11 is 0. The monoisotopic (exact) mass is 386 g/mol. The number of esters is 1. The number of imide groups is 1. The van der Waals surface area contributed by atoms with Gasteiger partial charge in [-0.15, -0.1) is 0 Å². The number of amides is 3. The Balaban J connectivity index is 1.28. The first kappa shape index (κ1) is 18.5. The van der Waals surface area contributed by atoms with E-state index < -0.39 is 25.0 Å². The molecule has 1 heterocycles. The number of hydrogen-bond acceptors (Lipinski definition) is 6. The molecule has 2 bridgehead atoms. The first-order valence-electron chi connectivity index (χ1n) is 9.42. The fourth-order valence-electron chi connectivity index (χ4n) is 4.84. The summed E-state index contributed by atoms with van der Waals surface area (Å²) in [5.74, 6) is -1.24. The number of carbonyl (C=O) groups excluding carboxylic acids is 4. The molecule has 0 spiro atoms. The van der Waals surface area contributed by atoms with E-state index in [9.17, 15) is 19.2 Å². The lowest BCUT2D eigenvalue weighted by atomic mass is 9.81. The summed E-state index contributed by atoms with van der Waals surface area (Å²) in [6.07, 6.45) is 2.90. The maximum atomic E-state index is 12.6. The lowest BCUT2D eigenvalue weighted by molar-refractivity contribution is -0.154. The first-order chi connectivity index (χ1) is 13.5. The van der Waals surface area contributed by atoms with E-state index in [0.29, 0.717) is 11.4 Å². The van der Waals surface area contributed by atoms with E-state index in [4.69, 9.17) is 9.47 Å². The molecule has 148 valence electrons. The van der Waals surface area contributed by atoms with Crippen molar-refractivity contribution in [2.24, 2.45) is 23.7 Å². The quantitative estimate of drug-likeness (QED) is 0.582. The predicted molar refractivity (Wildman–Crippen MR) is 97.1 cm³/mol. The Hall–Kier alpha value is -2.90.